The minimum atomic E-state index is -0.0635. The van der Waals surface area contributed by atoms with Gasteiger partial charge in [-0.25, -0.2) is 0 Å². The number of H-pyrrole nitrogens is 1. The highest BCUT2D eigenvalue weighted by atomic mass is 16.1. The van der Waals surface area contributed by atoms with Crippen LogP contribution < -0.4 is 16.0 Å². The number of nitrogens with zero attached hydrogens (tertiary/aromatic N) is 1. The number of nitrogens with one attached hydrogen (secondary N) is 4. The number of benzene rings is 2. The van der Waals surface area contributed by atoms with Crippen LogP contribution in [0.3, 0.4) is 0 Å². The lowest BCUT2D eigenvalue weighted by Crippen LogP contribution is -2.30. The first kappa shape index (κ1) is 17.5. The van der Waals surface area contributed by atoms with Crippen molar-refractivity contribution in [1.82, 2.24) is 15.5 Å². The van der Waals surface area contributed by atoms with Crippen molar-refractivity contribution in [3.63, 3.8) is 0 Å². The van der Waals surface area contributed by atoms with Gasteiger partial charge in [0.2, 0.25) is 0 Å². The summed E-state index contributed by atoms with van der Waals surface area (Å²) in [4.78, 5) is 12.1. The van der Waals surface area contributed by atoms with E-state index in [4.69, 9.17) is 0 Å². The minimum Gasteiger partial charge on any atom is -0.368 e. The summed E-state index contributed by atoms with van der Waals surface area (Å²) in [6.07, 6.45) is 3.67. The Kier molecular flexibility index (Phi) is 5.53. The van der Waals surface area contributed by atoms with Crippen LogP contribution in [0.4, 0.5) is 11.4 Å². The molecule has 0 fully saturated rings. The zero-order valence-corrected chi connectivity index (χ0v) is 14.9. The number of amides is 1. The van der Waals surface area contributed by atoms with Crippen LogP contribution in [0.1, 0.15) is 24.2 Å². The molecule has 0 bridgehead atoms. The van der Waals surface area contributed by atoms with Crippen molar-refractivity contribution in [2.75, 3.05) is 17.3 Å². The second kappa shape index (κ2) is 8.20. The number of anilines is 2. The van der Waals surface area contributed by atoms with E-state index < -0.39 is 0 Å². The molecule has 3 aromatic rings. The Balaban J connectivity index is 1.54. The highest BCUT2D eigenvalue weighted by molar-refractivity contribution is 5.95. The summed E-state index contributed by atoms with van der Waals surface area (Å²) in [6, 6.07) is 15.7. The molecule has 0 aliphatic heterocycles. The fraction of sp³-hybridized carbons (Fsp3) is 0.200. The molecule has 26 heavy (non-hydrogen) atoms. The van der Waals surface area contributed by atoms with Crippen molar-refractivity contribution in [2.45, 2.75) is 19.9 Å². The van der Waals surface area contributed by atoms with Crippen molar-refractivity contribution in [1.29, 1.82) is 0 Å². The van der Waals surface area contributed by atoms with E-state index in [1.807, 2.05) is 68.6 Å². The number of rotatable bonds is 7. The van der Waals surface area contributed by atoms with E-state index >= 15 is 0 Å². The third-order valence-electron chi connectivity index (χ3n) is 3.85. The normalized spacial score (nSPS) is 10.6. The van der Waals surface area contributed by atoms with E-state index in [2.05, 4.69) is 26.1 Å². The number of carbonyl (C=O) groups excluding carboxylic acids is 1. The van der Waals surface area contributed by atoms with Crippen LogP contribution in [0.15, 0.2) is 60.9 Å². The van der Waals surface area contributed by atoms with Crippen molar-refractivity contribution < 1.29 is 4.79 Å². The monoisotopic (exact) mass is 349 g/mol. The maximum Gasteiger partial charge on any atom is 0.251 e. The third-order valence-corrected chi connectivity index (χ3v) is 3.85. The largest absolute Gasteiger partial charge is 0.368 e. The van der Waals surface area contributed by atoms with Crippen LogP contribution in [-0.4, -0.2) is 28.8 Å². The van der Waals surface area contributed by atoms with Gasteiger partial charge in [0, 0.05) is 34.7 Å². The molecule has 6 nitrogen and oxygen atoms in total. The number of hydrogen-bond acceptors (Lipinski definition) is 4. The highest BCUT2D eigenvalue weighted by Crippen LogP contribution is 2.20. The van der Waals surface area contributed by atoms with Crippen LogP contribution in [0, 0.1) is 0 Å². The molecule has 0 aliphatic rings. The molecule has 134 valence electrons. The van der Waals surface area contributed by atoms with Gasteiger partial charge in [-0.3, -0.25) is 9.89 Å². The van der Waals surface area contributed by atoms with Gasteiger partial charge in [0.1, 0.15) is 0 Å². The Hall–Kier alpha value is -3.28. The van der Waals surface area contributed by atoms with E-state index in [-0.39, 0.29) is 11.9 Å². The van der Waals surface area contributed by atoms with Crippen LogP contribution in [-0.2, 0) is 0 Å². The Morgan fingerprint density at radius 2 is 1.81 bits per heavy atom. The van der Waals surface area contributed by atoms with Gasteiger partial charge in [0.25, 0.3) is 5.91 Å². The number of aromatic nitrogens is 2. The lowest BCUT2D eigenvalue weighted by molar-refractivity contribution is 0.0943. The van der Waals surface area contributed by atoms with E-state index in [9.17, 15) is 4.79 Å². The van der Waals surface area contributed by atoms with E-state index in [0.29, 0.717) is 12.2 Å². The molecule has 4 N–H and O–H groups in total. The van der Waals surface area contributed by atoms with Gasteiger partial charge in [0.15, 0.2) is 0 Å². The zero-order valence-electron chi connectivity index (χ0n) is 14.9. The summed E-state index contributed by atoms with van der Waals surface area (Å²) in [5, 5.41) is 16.3. The van der Waals surface area contributed by atoms with E-state index in [1.165, 1.54) is 0 Å². The Bertz CT molecular complexity index is 841. The first-order chi connectivity index (χ1) is 12.6. The highest BCUT2D eigenvalue weighted by Gasteiger charge is 2.07. The molecule has 0 spiro atoms. The van der Waals surface area contributed by atoms with E-state index in [1.54, 1.807) is 6.20 Å². The average Bonchev–Trinajstić information content (AvgIpc) is 3.17. The summed E-state index contributed by atoms with van der Waals surface area (Å²) >= 11 is 0. The molecule has 0 atom stereocenters. The summed E-state index contributed by atoms with van der Waals surface area (Å²) in [5.41, 5.74) is 4.72. The summed E-state index contributed by atoms with van der Waals surface area (Å²) in [6.45, 7) is 4.45. The van der Waals surface area contributed by atoms with Crippen LogP contribution >= 0.6 is 0 Å². The Labute approximate surface area is 153 Å². The average molecular weight is 349 g/mol. The molecule has 3 rings (SSSR count). The molecule has 0 aliphatic carbocycles. The molecule has 0 saturated carbocycles. The molecule has 0 saturated heterocycles. The topological polar surface area (TPSA) is 81.8 Å². The van der Waals surface area contributed by atoms with Crippen LogP contribution in [0.25, 0.3) is 11.1 Å². The first-order valence-electron chi connectivity index (χ1n) is 8.60. The SMILES string of the molecule is CC(C)NC(=O)c1cccc(NCNc2ccc(-c3cn[nH]c3)cc2)c1. The van der Waals surface area contributed by atoms with Gasteiger partial charge in [-0.15, -0.1) is 0 Å². The maximum absolute atomic E-state index is 12.1. The molecule has 1 heterocycles. The van der Waals surface area contributed by atoms with Gasteiger partial charge in [0.05, 0.1) is 12.9 Å². The zero-order chi connectivity index (χ0) is 18.4. The number of carbonyl (C=O) groups is 1. The van der Waals surface area contributed by atoms with Crippen LogP contribution in [0.2, 0.25) is 0 Å². The minimum absolute atomic E-state index is 0.0635. The van der Waals surface area contributed by atoms with E-state index in [0.717, 1.165) is 22.5 Å². The third kappa shape index (κ3) is 4.63. The molecule has 6 heteroatoms. The van der Waals surface area contributed by atoms with Crippen molar-refractivity contribution in [3.05, 3.63) is 66.5 Å². The second-order valence-electron chi connectivity index (χ2n) is 6.30. The number of aromatic amines is 1. The molecule has 1 amide bonds. The van der Waals surface area contributed by atoms with Gasteiger partial charge < -0.3 is 16.0 Å². The number of hydrogen-bond donors (Lipinski definition) is 4. The van der Waals surface area contributed by atoms with Crippen molar-refractivity contribution in [3.8, 4) is 11.1 Å². The molecule has 2 aromatic carbocycles. The predicted molar refractivity (Wildman–Crippen MR) is 105 cm³/mol. The molecule has 1 aromatic heterocycles. The molecule has 0 radical (unpaired) electrons. The molecular formula is C20H23N5O. The van der Waals surface area contributed by atoms with Gasteiger partial charge in [-0.1, -0.05) is 18.2 Å². The first-order valence-corrected chi connectivity index (χ1v) is 8.60. The summed E-state index contributed by atoms with van der Waals surface area (Å²) in [7, 11) is 0. The molecule has 0 unspecified atom stereocenters. The lowest BCUT2D eigenvalue weighted by Gasteiger charge is -2.12. The Morgan fingerprint density at radius 1 is 1.04 bits per heavy atom. The van der Waals surface area contributed by atoms with Crippen molar-refractivity contribution >= 4 is 17.3 Å². The fourth-order valence-electron chi connectivity index (χ4n) is 2.55. The Morgan fingerprint density at radius 3 is 2.50 bits per heavy atom. The maximum atomic E-state index is 12.1. The van der Waals surface area contributed by atoms with Gasteiger partial charge in [-0.2, -0.15) is 5.10 Å². The standard InChI is InChI=1S/C20H23N5O/c1-14(2)25-20(26)16-4-3-5-19(10-16)22-13-21-18-8-6-15(7-9-18)17-11-23-24-12-17/h3-12,14,21-22H,13H2,1-2H3,(H,23,24)(H,25,26). The van der Waals surface area contributed by atoms with Gasteiger partial charge in [-0.05, 0) is 49.7 Å². The summed E-state index contributed by atoms with van der Waals surface area (Å²) in [5.74, 6) is -0.0635. The summed E-state index contributed by atoms with van der Waals surface area (Å²) < 4.78 is 0. The molecular weight excluding hydrogens is 326 g/mol. The van der Waals surface area contributed by atoms with Crippen molar-refractivity contribution in [2.24, 2.45) is 0 Å². The smallest absolute Gasteiger partial charge is 0.251 e. The van der Waals surface area contributed by atoms with Crippen LogP contribution in [0.5, 0.6) is 0 Å². The quantitative estimate of drug-likeness (QED) is 0.490. The fourth-order valence-corrected chi connectivity index (χ4v) is 2.55. The lowest BCUT2D eigenvalue weighted by atomic mass is 10.1. The predicted octanol–water partition coefficient (Wildman–Crippen LogP) is 3.70. The second-order valence-corrected chi connectivity index (χ2v) is 6.30. The van der Waals surface area contributed by atoms with Gasteiger partial charge >= 0.3 is 0 Å².